The number of H-pyrrole nitrogens is 1. The summed E-state index contributed by atoms with van der Waals surface area (Å²) in [6.07, 6.45) is 4.02. The van der Waals surface area contributed by atoms with Gasteiger partial charge in [0.25, 0.3) is 5.91 Å². The number of aromatic nitrogens is 2. The molecule has 3 saturated heterocycles. The van der Waals surface area contributed by atoms with Gasteiger partial charge in [-0.3, -0.25) is 14.9 Å². The average molecular weight is 409 g/mol. The predicted molar refractivity (Wildman–Crippen MR) is 121 cm³/mol. The molecular weight excluding hydrogens is 376 g/mol. The van der Waals surface area contributed by atoms with Gasteiger partial charge in [-0.05, 0) is 62.4 Å². The minimum atomic E-state index is -0.0644. The van der Waals surface area contributed by atoms with Crippen LogP contribution in [0.3, 0.4) is 0 Å². The van der Waals surface area contributed by atoms with Crippen LogP contribution in [0.4, 0.5) is 11.4 Å². The molecule has 0 saturated carbocycles. The Morgan fingerprint density at radius 3 is 2.73 bits per heavy atom. The van der Waals surface area contributed by atoms with Gasteiger partial charge >= 0.3 is 0 Å². The summed E-state index contributed by atoms with van der Waals surface area (Å²) in [5.41, 5.74) is 4.96. The number of benzene rings is 1. The average Bonchev–Trinajstić information content (AvgIpc) is 3.13. The van der Waals surface area contributed by atoms with Gasteiger partial charge in [0.1, 0.15) is 5.69 Å². The third-order valence-electron chi connectivity index (χ3n) is 6.46. The molecular formula is C23H32N6O. The highest BCUT2D eigenvalue weighted by Gasteiger charge is 2.35. The maximum atomic E-state index is 13.1. The fourth-order valence-electron chi connectivity index (χ4n) is 4.55. The zero-order chi connectivity index (χ0) is 21.3. The van der Waals surface area contributed by atoms with Crippen molar-refractivity contribution in [2.75, 3.05) is 32.0 Å². The fourth-order valence-corrected chi connectivity index (χ4v) is 4.55. The van der Waals surface area contributed by atoms with Crippen LogP contribution < -0.4 is 10.6 Å². The van der Waals surface area contributed by atoms with E-state index in [1.807, 2.05) is 20.0 Å². The third-order valence-corrected chi connectivity index (χ3v) is 6.46. The molecule has 7 heteroatoms. The monoisotopic (exact) mass is 408 g/mol. The number of hydrogen-bond acceptors (Lipinski definition) is 5. The van der Waals surface area contributed by atoms with E-state index >= 15 is 0 Å². The molecule has 2 aromatic rings. The highest BCUT2D eigenvalue weighted by Crippen LogP contribution is 2.30. The number of nitrogens with one attached hydrogen (secondary N) is 3. The van der Waals surface area contributed by atoms with Crippen LogP contribution >= 0.6 is 0 Å². The van der Waals surface area contributed by atoms with Crippen LogP contribution in [0.5, 0.6) is 0 Å². The van der Waals surface area contributed by atoms with E-state index in [-0.39, 0.29) is 11.9 Å². The summed E-state index contributed by atoms with van der Waals surface area (Å²) in [6.45, 7) is 9.48. The molecule has 1 unspecified atom stereocenters. The molecule has 0 spiro atoms. The molecule has 30 heavy (non-hydrogen) atoms. The lowest BCUT2D eigenvalue weighted by molar-refractivity contribution is 0.0620. The number of anilines is 1. The largest absolute Gasteiger partial charge is 0.386 e. The SMILES string of the molecule is CNc1cc(C(C)C)ccc1N=Cc1n[nH]c(C)c1C(=O)NC1CN2CCC1CC2. The lowest BCUT2D eigenvalue weighted by atomic mass is 9.84. The van der Waals surface area contributed by atoms with Crippen molar-refractivity contribution in [3.63, 3.8) is 0 Å². The first-order valence-electron chi connectivity index (χ1n) is 10.9. The maximum absolute atomic E-state index is 13.1. The number of hydrogen-bond donors (Lipinski definition) is 3. The van der Waals surface area contributed by atoms with Crippen LogP contribution in [0, 0.1) is 12.8 Å². The summed E-state index contributed by atoms with van der Waals surface area (Å²) < 4.78 is 0. The van der Waals surface area contributed by atoms with Crippen LogP contribution in [0.2, 0.25) is 0 Å². The summed E-state index contributed by atoms with van der Waals surface area (Å²) in [6, 6.07) is 6.44. The standard InChI is InChI=1S/C23H32N6O/c1-14(2)17-5-6-18(19(11-17)24-4)25-12-20-22(15(3)27-28-20)23(30)26-21-13-29-9-7-16(21)8-10-29/h5-6,11-12,14,16,21,24H,7-10,13H2,1-4H3,(H,26,30)(H,27,28). The van der Waals surface area contributed by atoms with Gasteiger partial charge in [0.05, 0.1) is 23.2 Å². The first kappa shape index (κ1) is 20.6. The molecule has 1 aromatic heterocycles. The van der Waals surface area contributed by atoms with Crippen molar-refractivity contribution in [1.29, 1.82) is 0 Å². The molecule has 2 bridgehead atoms. The number of rotatable bonds is 6. The second-order valence-corrected chi connectivity index (χ2v) is 8.77. The Hall–Kier alpha value is -2.67. The van der Waals surface area contributed by atoms with E-state index in [1.54, 1.807) is 6.21 Å². The number of fused-ring (bicyclic) bond motifs is 3. The van der Waals surface area contributed by atoms with Gasteiger partial charge in [-0.1, -0.05) is 19.9 Å². The summed E-state index contributed by atoms with van der Waals surface area (Å²) in [7, 11) is 1.89. The van der Waals surface area contributed by atoms with Gasteiger partial charge in [0, 0.05) is 25.3 Å². The first-order valence-corrected chi connectivity index (χ1v) is 10.9. The highest BCUT2D eigenvalue weighted by atomic mass is 16.1. The van der Waals surface area contributed by atoms with Gasteiger partial charge in [-0.15, -0.1) is 0 Å². The molecule has 1 aromatic carbocycles. The second kappa shape index (κ2) is 8.60. The maximum Gasteiger partial charge on any atom is 0.255 e. The van der Waals surface area contributed by atoms with Gasteiger partial charge in [0.2, 0.25) is 0 Å². The minimum Gasteiger partial charge on any atom is -0.386 e. The van der Waals surface area contributed by atoms with E-state index in [9.17, 15) is 4.79 Å². The molecule has 3 N–H and O–H groups in total. The van der Waals surface area contributed by atoms with Crippen molar-refractivity contribution in [2.24, 2.45) is 10.9 Å². The molecule has 0 aliphatic carbocycles. The Labute approximate surface area is 178 Å². The molecule has 1 atom stereocenters. The number of aliphatic imine (C=N–C) groups is 1. The highest BCUT2D eigenvalue weighted by molar-refractivity contribution is 6.03. The summed E-state index contributed by atoms with van der Waals surface area (Å²) in [5.74, 6) is 0.970. The van der Waals surface area contributed by atoms with Crippen molar-refractivity contribution in [1.82, 2.24) is 20.4 Å². The zero-order valence-corrected chi connectivity index (χ0v) is 18.3. The number of nitrogens with zero attached hydrogens (tertiary/aromatic N) is 3. The van der Waals surface area contributed by atoms with E-state index in [0.717, 1.165) is 36.7 Å². The van der Waals surface area contributed by atoms with Crippen molar-refractivity contribution in [3.8, 4) is 0 Å². The quantitative estimate of drug-likeness (QED) is 0.639. The van der Waals surface area contributed by atoms with E-state index in [2.05, 4.69) is 56.7 Å². The van der Waals surface area contributed by atoms with E-state index < -0.39 is 0 Å². The van der Waals surface area contributed by atoms with Gasteiger partial charge in [0.15, 0.2) is 0 Å². The van der Waals surface area contributed by atoms with Crippen molar-refractivity contribution in [3.05, 3.63) is 40.7 Å². The normalized spacial score (nSPS) is 23.3. The molecule has 160 valence electrons. The molecule has 4 heterocycles. The van der Waals surface area contributed by atoms with Crippen molar-refractivity contribution >= 4 is 23.5 Å². The first-order chi connectivity index (χ1) is 14.5. The number of aryl methyl sites for hydroxylation is 1. The van der Waals surface area contributed by atoms with E-state index in [4.69, 9.17) is 0 Å². The number of amides is 1. The zero-order valence-electron chi connectivity index (χ0n) is 18.3. The van der Waals surface area contributed by atoms with Crippen molar-refractivity contribution in [2.45, 2.75) is 45.6 Å². The topological polar surface area (TPSA) is 85.4 Å². The molecule has 3 aliphatic rings. The van der Waals surface area contributed by atoms with Crippen LogP contribution in [-0.4, -0.2) is 59.9 Å². The predicted octanol–water partition coefficient (Wildman–Crippen LogP) is 3.46. The van der Waals surface area contributed by atoms with E-state index in [1.165, 1.54) is 18.4 Å². The van der Waals surface area contributed by atoms with Gasteiger partial charge in [-0.2, -0.15) is 5.10 Å². The third kappa shape index (κ3) is 4.12. The Kier molecular flexibility index (Phi) is 5.90. The van der Waals surface area contributed by atoms with Crippen molar-refractivity contribution < 1.29 is 4.79 Å². The molecule has 0 radical (unpaired) electrons. The van der Waals surface area contributed by atoms with Crippen LogP contribution in [0.15, 0.2) is 23.2 Å². The molecule has 3 aliphatic heterocycles. The second-order valence-electron chi connectivity index (χ2n) is 8.77. The lowest BCUT2D eigenvalue weighted by Gasteiger charge is -2.44. The Morgan fingerprint density at radius 2 is 2.10 bits per heavy atom. The summed E-state index contributed by atoms with van der Waals surface area (Å²) >= 11 is 0. The van der Waals surface area contributed by atoms with Crippen LogP contribution in [0.1, 0.15) is 59.9 Å². The Bertz CT molecular complexity index is 939. The number of piperidine rings is 3. The Morgan fingerprint density at radius 1 is 1.33 bits per heavy atom. The van der Waals surface area contributed by atoms with Gasteiger partial charge < -0.3 is 15.5 Å². The van der Waals surface area contributed by atoms with Crippen LogP contribution in [-0.2, 0) is 0 Å². The summed E-state index contributed by atoms with van der Waals surface area (Å²) in [5, 5.41) is 13.8. The molecule has 3 fully saturated rings. The fraction of sp³-hybridized carbons (Fsp3) is 0.522. The smallest absolute Gasteiger partial charge is 0.255 e. The number of carbonyl (C=O) groups is 1. The minimum absolute atomic E-state index is 0.0644. The molecule has 1 amide bonds. The molecule has 7 nitrogen and oxygen atoms in total. The lowest BCUT2D eigenvalue weighted by Crippen LogP contribution is -2.57. The number of carbonyl (C=O) groups excluding carboxylic acids is 1. The summed E-state index contributed by atoms with van der Waals surface area (Å²) in [4.78, 5) is 20.2. The number of aromatic amines is 1. The van der Waals surface area contributed by atoms with Crippen LogP contribution in [0.25, 0.3) is 0 Å². The van der Waals surface area contributed by atoms with E-state index in [0.29, 0.717) is 23.1 Å². The molecule has 5 rings (SSSR count). The van der Waals surface area contributed by atoms with Gasteiger partial charge in [-0.25, -0.2) is 0 Å². The Balaban J connectivity index is 1.53.